The molecule has 0 heterocycles. The van der Waals surface area contributed by atoms with E-state index < -0.39 is 31.4 Å². The first kappa shape index (κ1) is 32.9. The highest BCUT2D eigenvalue weighted by Crippen LogP contribution is 2.45. The van der Waals surface area contributed by atoms with Crippen LogP contribution in [0.1, 0.15) is 20.8 Å². The standard InChI is InChI=1S/C41H39N2O4P/c1-41(2,3)47-26-34(40(42)45)43-37(44)27-46-35-24-22-28-14-10-12-20-32(28)38(35)39-33-21-13-11-15-29(33)23-25-36(39)48(30-16-6-4-7-17-30)31-18-8-5-9-19-31/h4-25,34H,26-27H2,1-3H3,(H2,42,45)(H,43,44)/t34-/m0/s1. The predicted octanol–water partition coefficient (Wildman–Crippen LogP) is 6.58. The normalized spacial score (nSPS) is 12.2. The summed E-state index contributed by atoms with van der Waals surface area (Å²) in [7, 11) is -0.986. The van der Waals surface area contributed by atoms with E-state index in [-0.39, 0.29) is 13.2 Å². The third-order valence-electron chi connectivity index (χ3n) is 8.04. The number of hydrogen-bond donors (Lipinski definition) is 2. The van der Waals surface area contributed by atoms with Gasteiger partial charge in [0, 0.05) is 11.1 Å². The molecule has 1 atom stereocenters. The van der Waals surface area contributed by atoms with Crippen LogP contribution in [0.25, 0.3) is 32.7 Å². The van der Waals surface area contributed by atoms with Crippen LogP contribution >= 0.6 is 7.92 Å². The Balaban J connectivity index is 1.49. The van der Waals surface area contributed by atoms with Crippen molar-refractivity contribution in [2.24, 2.45) is 5.73 Å². The van der Waals surface area contributed by atoms with Crippen LogP contribution in [0.15, 0.2) is 133 Å². The van der Waals surface area contributed by atoms with Gasteiger partial charge in [-0.3, -0.25) is 9.59 Å². The van der Waals surface area contributed by atoms with Crippen molar-refractivity contribution in [2.45, 2.75) is 32.4 Å². The summed E-state index contributed by atoms with van der Waals surface area (Å²) in [5.41, 5.74) is 7.08. The van der Waals surface area contributed by atoms with E-state index in [0.717, 1.165) is 32.7 Å². The van der Waals surface area contributed by atoms with Gasteiger partial charge in [0.25, 0.3) is 5.91 Å². The number of amides is 2. The number of nitrogens with one attached hydrogen (secondary N) is 1. The van der Waals surface area contributed by atoms with Gasteiger partial charge < -0.3 is 20.5 Å². The highest BCUT2D eigenvalue weighted by Gasteiger charge is 2.26. The Labute approximate surface area is 282 Å². The van der Waals surface area contributed by atoms with Crippen LogP contribution in [0.4, 0.5) is 0 Å². The molecule has 242 valence electrons. The number of hydrogen-bond acceptors (Lipinski definition) is 4. The molecule has 0 aliphatic carbocycles. The van der Waals surface area contributed by atoms with Crippen molar-refractivity contribution >= 4 is 57.2 Å². The second-order valence-electron chi connectivity index (χ2n) is 12.6. The van der Waals surface area contributed by atoms with Crippen molar-refractivity contribution in [2.75, 3.05) is 13.2 Å². The molecule has 0 fully saturated rings. The minimum atomic E-state index is -0.986. The van der Waals surface area contributed by atoms with Gasteiger partial charge in [-0.2, -0.15) is 0 Å². The van der Waals surface area contributed by atoms with Crippen molar-refractivity contribution in [3.05, 3.63) is 133 Å². The number of nitrogens with two attached hydrogens (primary N) is 1. The maximum Gasteiger partial charge on any atom is 0.258 e. The molecule has 6 aromatic carbocycles. The second kappa shape index (κ2) is 14.4. The fourth-order valence-electron chi connectivity index (χ4n) is 5.83. The van der Waals surface area contributed by atoms with Crippen LogP contribution < -0.4 is 31.7 Å². The Bertz CT molecular complexity index is 2020. The Morgan fingerprint density at radius 1 is 0.688 bits per heavy atom. The first-order chi connectivity index (χ1) is 23.2. The summed E-state index contributed by atoms with van der Waals surface area (Å²) < 4.78 is 12.1. The Morgan fingerprint density at radius 3 is 1.77 bits per heavy atom. The van der Waals surface area contributed by atoms with Crippen LogP contribution in [-0.2, 0) is 14.3 Å². The maximum absolute atomic E-state index is 13.2. The molecule has 7 heteroatoms. The van der Waals surface area contributed by atoms with Crippen molar-refractivity contribution in [1.82, 2.24) is 5.32 Å². The lowest BCUT2D eigenvalue weighted by atomic mass is 9.93. The van der Waals surface area contributed by atoms with E-state index in [1.807, 2.05) is 63.2 Å². The largest absolute Gasteiger partial charge is 0.483 e. The third kappa shape index (κ3) is 7.41. The topological polar surface area (TPSA) is 90.7 Å². The van der Waals surface area contributed by atoms with Crippen molar-refractivity contribution < 1.29 is 19.1 Å². The van der Waals surface area contributed by atoms with Crippen LogP contribution in [0.5, 0.6) is 5.75 Å². The molecule has 0 bridgehead atoms. The lowest BCUT2D eigenvalue weighted by Gasteiger charge is -2.26. The van der Waals surface area contributed by atoms with E-state index in [0.29, 0.717) is 5.75 Å². The molecule has 2 amide bonds. The zero-order valence-electron chi connectivity index (χ0n) is 27.4. The second-order valence-corrected chi connectivity index (χ2v) is 14.8. The summed E-state index contributed by atoms with van der Waals surface area (Å²) >= 11 is 0. The number of benzene rings is 6. The number of primary amides is 1. The van der Waals surface area contributed by atoms with E-state index in [1.165, 1.54) is 15.9 Å². The Hall–Kier alpha value is -5.03. The molecule has 6 aromatic rings. The van der Waals surface area contributed by atoms with Gasteiger partial charge >= 0.3 is 0 Å². The third-order valence-corrected chi connectivity index (χ3v) is 10.5. The Morgan fingerprint density at radius 2 is 1.21 bits per heavy atom. The van der Waals surface area contributed by atoms with Gasteiger partial charge in [0.15, 0.2) is 6.61 Å². The smallest absolute Gasteiger partial charge is 0.258 e. The van der Waals surface area contributed by atoms with E-state index in [1.54, 1.807) is 0 Å². The maximum atomic E-state index is 13.2. The molecule has 3 N–H and O–H groups in total. The van der Waals surface area contributed by atoms with Gasteiger partial charge in [-0.25, -0.2) is 0 Å². The summed E-state index contributed by atoms with van der Waals surface area (Å²) in [6.45, 7) is 5.28. The molecule has 0 aromatic heterocycles. The van der Waals surface area contributed by atoms with E-state index in [4.69, 9.17) is 15.2 Å². The van der Waals surface area contributed by atoms with Gasteiger partial charge in [0.2, 0.25) is 5.91 Å². The monoisotopic (exact) mass is 654 g/mol. The van der Waals surface area contributed by atoms with Gasteiger partial charge in [-0.1, -0.05) is 127 Å². The minimum Gasteiger partial charge on any atom is -0.483 e. The van der Waals surface area contributed by atoms with Gasteiger partial charge in [-0.05, 0) is 72.2 Å². The van der Waals surface area contributed by atoms with Crippen LogP contribution in [-0.4, -0.2) is 36.7 Å². The number of rotatable bonds is 11. The van der Waals surface area contributed by atoms with Gasteiger partial charge in [-0.15, -0.1) is 0 Å². The predicted molar refractivity (Wildman–Crippen MR) is 198 cm³/mol. The SMILES string of the molecule is CC(C)(C)OC[C@H](NC(=O)COc1ccc2ccccc2c1-c1c(P(c2ccccc2)c2ccccc2)ccc2ccccc12)C(N)=O. The van der Waals surface area contributed by atoms with E-state index in [2.05, 4.69) is 96.3 Å². The lowest BCUT2D eigenvalue weighted by molar-refractivity contribution is -0.131. The number of carbonyl (C=O) groups excluding carboxylic acids is 2. The summed E-state index contributed by atoms with van der Waals surface area (Å²) in [5.74, 6) is -0.571. The van der Waals surface area contributed by atoms with Crippen LogP contribution in [0, 0.1) is 0 Å². The number of carbonyl (C=O) groups is 2. The van der Waals surface area contributed by atoms with Gasteiger partial charge in [0.05, 0.1) is 12.2 Å². The van der Waals surface area contributed by atoms with Crippen LogP contribution in [0.2, 0.25) is 0 Å². The molecule has 0 saturated carbocycles. The first-order valence-corrected chi connectivity index (χ1v) is 17.3. The molecule has 6 nitrogen and oxygen atoms in total. The van der Waals surface area contributed by atoms with Crippen molar-refractivity contribution in [3.63, 3.8) is 0 Å². The molecule has 0 radical (unpaired) electrons. The molecule has 0 spiro atoms. The highest BCUT2D eigenvalue weighted by molar-refractivity contribution is 7.80. The zero-order chi connectivity index (χ0) is 33.7. The zero-order valence-corrected chi connectivity index (χ0v) is 28.2. The summed E-state index contributed by atoms with van der Waals surface area (Å²) in [6.07, 6.45) is 0. The molecule has 0 aliphatic heterocycles. The fourth-order valence-corrected chi connectivity index (χ4v) is 8.30. The quantitative estimate of drug-likeness (QED) is 0.155. The van der Waals surface area contributed by atoms with E-state index >= 15 is 0 Å². The first-order valence-electron chi connectivity index (χ1n) is 16.0. The summed E-state index contributed by atoms with van der Waals surface area (Å²) in [4.78, 5) is 25.4. The van der Waals surface area contributed by atoms with Crippen molar-refractivity contribution in [1.29, 1.82) is 0 Å². The minimum absolute atomic E-state index is 0.0340. The number of fused-ring (bicyclic) bond motifs is 2. The molecule has 0 unspecified atom stereocenters. The fraction of sp³-hybridized carbons (Fsp3) is 0.171. The summed E-state index contributed by atoms with van der Waals surface area (Å²) in [5, 5.41) is 10.6. The molecule has 48 heavy (non-hydrogen) atoms. The average Bonchev–Trinajstić information content (AvgIpc) is 3.09. The summed E-state index contributed by atoms with van der Waals surface area (Å²) in [6, 6.07) is 45.2. The molecule has 6 rings (SSSR count). The molecule has 0 aliphatic rings. The average molecular weight is 655 g/mol. The van der Waals surface area contributed by atoms with E-state index in [9.17, 15) is 9.59 Å². The molecular formula is C41H39N2O4P. The van der Waals surface area contributed by atoms with Crippen LogP contribution in [0.3, 0.4) is 0 Å². The highest BCUT2D eigenvalue weighted by atomic mass is 31.1. The lowest BCUT2D eigenvalue weighted by Crippen LogP contribution is -2.49. The van der Waals surface area contributed by atoms with Crippen molar-refractivity contribution in [3.8, 4) is 16.9 Å². The number of ether oxygens (including phenoxy) is 2. The van der Waals surface area contributed by atoms with Gasteiger partial charge in [0.1, 0.15) is 11.8 Å². The Kier molecular flexibility index (Phi) is 9.86. The molecule has 0 saturated heterocycles. The molecular weight excluding hydrogens is 615 g/mol.